The minimum atomic E-state index is 0.462. The highest BCUT2D eigenvalue weighted by Crippen LogP contribution is 2.28. The first kappa shape index (κ1) is 12.3. The van der Waals surface area contributed by atoms with E-state index < -0.39 is 0 Å². The third kappa shape index (κ3) is 3.72. The topological polar surface area (TPSA) is 30.5 Å². The molecular weight excluding hydrogens is 202 g/mol. The lowest BCUT2D eigenvalue weighted by molar-refractivity contribution is 0.0221. The van der Waals surface area contributed by atoms with E-state index in [9.17, 15) is 0 Å². The predicted molar refractivity (Wildman–Crippen MR) is 64.6 cm³/mol. The van der Waals surface area contributed by atoms with Gasteiger partial charge in [0.1, 0.15) is 0 Å². The minimum Gasteiger partial charge on any atom is -0.381 e. The fraction of sp³-hybridized carbons (Fsp3) is 1.00. The van der Waals surface area contributed by atoms with Gasteiger partial charge in [0.05, 0.1) is 0 Å². The first-order valence-electron chi connectivity index (χ1n) is 6.65. The molecule has 0 saturated carbocycles. The summed E-state index contributed by atoms with van der Waals surface area (Å²) in [7, 11) is 0. The average Bonchev–Trinajstić information content (AvgIpc) is 2.31. The van der Waals surface area contributed by atoms with Gasteiger partial charge >= 0.3 is 0 Å². The van der Waals surface area contributed by atoms with Crippen molar-refractivity contribution >= 4 is 0 Å². The van der Waals surface area contributed by atoms with E-state index in [4.69, 9.17) is 9.47 Å². The van der Waals surface area contributed by atoms with E-state index in [2.05, 4.69) is 12.2 Å². The Balaban J connectivity index is 1.62. The molecule has 0 aromatic heterocycles. The molecule has 16 heavy (non-hydrogen) atoms. The summed E-state index contributed by atoms with van der Waals surface area (Å²) >= 11 is 0. The van der Waals surface area contributed by atoms with Gasteiger partial charge in [0.2, 0.25) is 0 Å². The van der Waals surface area contributed by atoms with E-state index in [1.807, 2.05) is 0 Å². The zero-order valence-electron chi connectivity index (χ0n) is 10.5. The molecule has 0 bridgehead atoms. The van der Waals surface area contributed by atoms with Crippen molar-refractivity contribution in [2.75, 3.05) is 39.5 Å². The van der Waals surface area contributed by atoms with E-state index in [-0.39, 0.29) is 0 Å². The lowest BCUT2D eigenvalue weighted by Crippen LogP contribution is -2.39. The van der Waals surface area contributed by atoms with E-state index >= 15 is 0 Å². The first-order chi connectivity index (χ1) is 7.79. The van der Waals surface area contributed by atoms with Crippen molar-refractivity contribution in [2.24, 2.45) is 11.3 Å². The lowest BCUT2D eigenvalue weighted by Gasteiger charge is -2.34. The van der Waals surface area contributed by atoms with Crippen molar-refractivity contribution < 1.29 is 9.47 Å². The van der Waals surface area contributed by atoms with Crippen molar-refractivity contribution in [2.45, 2.75) is 32.6 Å². The second kappa shape index (κ2) is 5.99. The number of ether oxygens (including phenoxy) is 2. The van der Waals surface area contributed by atoms with Crippen LogP contribution < -0.4 is 5.32 Å². The van der Waals surface area contributed by atoms with Gasteiger partial charge < -0.3 is 14.8 Å². The second-order valence-corrected chi connectivity index (χ2v) is 5.61. The molecule has 0 spiro atoms. The smallest absolute Gasteiger partial charge is 0.0471 e. The maximum atomic E-state index is 5.42. The molecule has 3 nitrogen and oxygen atoms in total. The summed E-state index contributed by atoms with van der Waals surface area (Å²) in [6.45, 7) is 8.49. The van der Waals surface area contributed by atoms with E-state index in [1.165, 1.54) is 32.2 Å². The molecule has 0 radical (unpaired) electrons. The highest BCUT2D eigenvalue weighted by molar-refractivity contribution is 4.80. The van der Waals surface area contributed by atoms with Gasteiger partial charge in [-0.3, -0.25) is 0 Å². The highest BCUT2D eigenvalue weighted by Gasteiger charge is 2.27. The number of hydrogen-bond acceptors (Lipinski definition) is 3. The third-order valence-corrected chi connectivity index (χ3v) is 4.03. The van der Waals surface area contributed by atoms with Gasteiger partial charge in [-0.25, -0.2) is 0 Å². The zero-order chi connectivity index (χ0) is 11.3. The fourth-order valence-corrected chi connectivity index (χ4v) is 2.57. The van der Waals surface area contributed by atoms with Gasteiger partial charge in [0.15, 0.2) is 0 Å². The zero-order valence-corrected chi connectivity index (χ0v) is 10.5. The Morgan fingerprint density at radius 1 is 1.06 bits per heavy atom. The van der Waals surface area contributed by atoms with Gasteiger partial charge in [-0.05, 0) is 43.6 Å². The molecule has 0 amide bonds. The molecule has 2 aliphatic heterocycles. The molecule has 0 aliphatic carbocycles. The van der Waals surface area contributed by atoms with Gasteiger partial charge in [0.25, 0.3) is 0 Å². The van der Waals surface area contributed by atoms with Crippen molar-refractivity contribution in [1.29, 1.82) is 0 Å². The monoisotopic (exact) mass is 227 g/mol. The number of hydrogen-bond donors (Lipinski definition) is 1. The van der Waals surface area contributed by atoms with Crippen LogP contribution >= 0.6 is 0 Å². The Morgan fingerprint density at radius 3 is 2.38 bits per heavy atom. The van der Waals surface area contributed by atoms with E-state index in [0.717, 1.165) is 38.9 Å². The molecule has 0 aromatic rings. The van der Waals surface area contributed by atoms with Crippen LogP contribution in [0, 0.1) is 11.3 Å². The van der Waals surface area contributed by atoms with Crippen LogP contribution in [0.5, 0.6) is 0 Å². The van der Waals surface area contributed by atoms with E-state index in [0.29, 0.717) is 5.41 Å². The normalized spacial score (nSPS) is 26.8. The summed E-state index contributed by atoms with van der Waals surface area (Å²) in [6.07, 6.45) is 4.86. The SMILES string of the molecule is CC1(CNCC2CCOCC2)CCOCC1. The largest absolute Gasteiger partial charge is 0.381 e. The van der Waals surface area contributed by atoms with Crippen LogP contribution in [0.3, 0.4) is 0 Å². The molecular formula is C13H25NO2. The fourth-order valence-electron chi connectivity index (χ4n) is 2.57. The summed E-state index contributed by atoms with van der Waals surface area (Å²) < 4.78 is 10.8. The maximum absolute atomic E-state index is 5.42. The predicted octanol–water partition coefficient (Wildman–Crippen LogP) is 1.82. The Labute approximate surface area is 98.9 Å². The molecule has 2 aliphatic rings. The summed E-state index contributed by atoms with van der Waals surface area (Å²) in [5, 5.41) is 3.65. The highest BCUT2D eigenvalue weighted by atomic mass is 16.5. The number of nitrogens with one attached hydrogen (secondary N) is 1. The molecule has 3 heteroatoms. The van der Waals surface area contributed by atoms with Crippen molar-refractivity contribution in [3.8, 4) is 0 Å². The van der Waals surface area contributed by atoms with E-state index in [1.54, 1.807) is 0 Å². The molecule has 2 fully saturated rings. The Hall–Kier alpha value is -0.120. The van der Waals surface area contributed by atoms with Gasteiger partial charge in [0, 0.05) is 33.0 Å². The van der Waals surface area contributed by atoms with Crippen LogP contribution in [0.4, 0.5) is 0 Å². The Bertz CT molecular complexity index is 196. The summed E-state index contributed by atoms with van der Waals surface area (Å²) in [6, 6.07) is 0. The second-order valence-electron chi connectivity index (χ2n) is 5.61. The van der Waals surface area contributed by atoms with Crippen molar-refractivity contribution in [3.05, 3.63) is 0 Å². The van der Waals surface area contributed by atoms with Crippen molar-refractivity contribution in [1.82, 2.24) is 5.32 Å². The Kier molecular flexibility index (Phi) is 4.62. The summed E-state index contributed by atoms with van der Waals surface area (Å²) in [5.74, 6) is 0.831. The average molecular weight is 227 g/mol. The van der Waals surface area contributed by atoms with Gasteiger partial charge in [-0.2, -0.15) is 0 Å². The van der Waals surface area contributed by atoms with Crippen LogP contribution in [0.1, 0.15) is 32.6 Å². The quantitative estimate of drug-likeness (QED) is 0.794. The molecule has 0 atom stereocenters. The summed E-state index contributed by atoms with van der Waals surface area (Å²) in [5.41, 5.74) is 0.462. The molecule has 94 valence electrons. The molecule has 0 unspecified atom stereocenters. The van der Waals surface area contributed by atoms with Crippen molar-refractivity contribution in [3.63, 3.8) is 0 Å². The van der Waals surface area contributed by atoms with Crippen LogP contribution in [-0.4, -0.2) is 39.5 Å². The molecule has 2 heterocycles. The van der Waals surface area contributed by atoms with Crippen LogP contribution in [0.25, 0.3) is 0 Å². The van der Waals surface area contributed by atoms with Crippen LogP contribution in [-0.2, 0) is 9.47 Å². The summed E-state index contributed by atoms with van der Waals surface area (Å²) in [4.78, 5) is 0. The maximum Gasteiger partial charge on any atom is 0.0471 e. The Morgan fingerprint density at radius 2 is 1.69 bits per heavy atom. The molecule has 0 aromatic carbocycles. The minimum absolute atomic E-state index is 0.462. The standard InChI is InChI=1S/C13H25NO2/c1-13(4-8-16-9-5-13)11-14-10-12-2-6-15-7-3-12/h12,14H,2-11H2,1H3. The van der Waals surface area contributed by atoms with Crippen LogP contribution in [0.2, 0.25) is 0 Å². The number of rotatable bonds is 4. The first-order valence-corrected chi connectivity index (χ1v) is 6.65. The van der Waals surface area contributed by atoms with Gasteiger partial charge in [-0.1, -0.05) is 6.92 Å². The molecule has 1 N–H and O–H groups in total. The van der Waals surface area contributed by atoms with Gasteiger partial charge in [-0.15, -0.1) is 0 Å². The third-order valence-electron chi connectivity index (χ3n) is 4.03. The van der Waals surface area contributed by atoms with Crippen LogP contribution in [0.15, 0.2) is 0 Å². The molecule has 2 saturated heterocycles. The lowest BCUT2D eigenvalue weighted by atomic mass is 9.82. The molecule has 2 rings (SSSR count).